The van der Waals surface area contributed by atoms with E-state index in [0.717, 1.165) is 45.0 Å². The number of amides is 1. The smallest absolute Gasteiger partial charge is 0.237 e. The van der Waals surface area contributed by atoms with Crippen LogP contribution in [-0.4, -0.2) is 66.0 Å². The van der Waals surface area contributed by atoms with Crippen LogP contribution in [0.1, 0.15) is 40.0 Å². The highest BCUT2D eigenvalue weighted by atomic mass is 16.2. The Kier molecular flexibility index (Phi) is 4.46. The molecule has 26 heavy (non-hydrogen) atoms. The molecule has 0 aromatic carbocycles. The van der Waals surface area contributed by atoms with E-state index in [0.29, 0.717) is 29.3 Å². The molecule has 2 aliphatic heterocycles. The van der Waals surface area contributed by atoms with Crippen LogP contribution in [0.4, 0.5) is 5.82 Å². The van der Waals surface area contributed by atoms with Gasteiger partial charge in [0.25, 0.3) is 0 Å². The molecule has 3 fully saturated rings. The first-order valence-corrected chi connectivity index (χ1v) is 10.0. The Morgan fingerprint density at radius 2 is 1.92 bits per heavy atom. The molecule has 0 N–H and O–H groups in total. The average molecular weight is 357 g/mol. The summed E-state index contributed by atoms with van der Waals surface area (Å²) in [5, 5.41) is 0. The number of rotatable bonds is 3. The van der Waals surface area contributed by atoms with Crippen LogP contribution in [0.25, 0.3) is 0 Å². The first-order chi connectivity index (χ1) is 12.3. The zero-order valence-corrected chi connectivity index (χ0v) is 16.4. The maximum absolute atomic E-state index is 13.0. The van der Waals surface area contributed by atoms with Crippen molar-refractivity contribution in [2.45, 2.75) is 46.1 Å². The minimum atomic E-state index is 0.319. The molecule has 0 spiro atoms. The van der Waals surface area contributed by atoms with Crippen LogP contribution in [-0.2, 0) is 4.79 Å². The second-order valence-corrected chi connectivity index (χ2v) is 9.69. The Morgan fingerprint density at radius 3 is 2.62 bits per heavy atom. The predicted octanol–water partition coefficient (Wildman–Crippen LogP) is 2.63. The van der Waals surface area contributed by atoms with Gasteiger partial charge in [0, 0.05) is 45.0 Å². The van der Waals surface area contributed by atoms with Crippen molar-refractivity contribution >= 4 is 11.7 Å². The van der Waals surface area contributed by atoms with E-state index in [1.54, 1.807) is 0 Å². The van der Waals surface area contributed by atoms with Gasteiger partial charge in [0.1, 0.15) is 5.82 Å². The van der Waals surface area contributed by atoms with E-state index in [9.17, 15) is 4.79 Å². The maximum atomic E-state index is 13.0. The largest absolute Gasteiger partial charge is 0.354 e. The van der Waals surface area contributed by atoms with Gasteiger partial charge in [-0.2, -0.15) is 0 Å². The lowest BCUT2D eigenvalue weighted by atomic mass is 9.65. The molecule has 1 aromatic rings. The highest BCUT2D eigenvalue weighted by Gasteiger charge is 2.50. The highest BCUT2D eigenvalue weighted by molar-refractivity contribution is 5.79. The van der Waals surface area contributed by atoms with Gasteiger partial charge in [-0.05, 0) is 42.2 Å². The molecule has 4 rings (SSSR count). The monoisotopic (exact) mass is 356 g/mol. The lowest BCUT2D eigenvalue weighted by Crippen LogP contribution is -2.51. The fourth-order valence-corrected chi connectivity index (χ4v) is 5.71. The third-order valence-corrected chi connectivity index (χ3v) is 6.44. The first kappa shape index (κ1) is 17.8. The Balaban J connectivity index is 1.32. The first-order valence-electron chi connectivity index (χ1n) is 10.0. The Morgan fingerprint density at radius 1 is 1.15 bits per heavy atom. The van der Waals surface area contributed by atoms with Crippen molar-refractivity contribution < 1.29 is 4.79 Å². The van der Waals surface area contributed by atoms with E-state index in [1.165, 1.54) is 12.8 Å². The summed E-state index contributed by atoms with van der Waals surface area (Å²) < 4.78 is 0. The van der Waals surface area contributed by atoms with Gasteiger partial charge in [0.05, 0.1) is 6.54 Å². The number of nitrogens with zero attached hydrogens (tertiary/aromatic N) is 4. The van der Waals surface area contributed by atoms with Gasteiger partial charge in [-0.1, -0.05) is 26.8 Å². The second kappa shape index (κ2) is 6.52. The normalized spacial score (nSPS) is 31.3. The van der Waals surface area contributed by atoms with Gasteiger partial charge < -0.3 is 9.80 Å². The summed E-state index contributed by atoms with van der Waals surface area (Å²) in [4.78, 5) is 24.3. The van der Waals surface area contributed by atoms with Gasteiger partial charge in [-0.15, -0.1) is 0 Å². The standard InChI is InChI=1S/C21H32N4O/c1-20(2)12-17-13-21(3,15-20)16-25(17)19(26)14-23-8-10-24(11-9-23)18-6-4-5-7-22-18/h4-7,17H,8-16H2,1-3H3/t17-,21-/m0/s1. The molecule has 2 bridgehead atoms. The molecule has 3 heterocycles. The van der Waals surface area contributed by atoms with E-state index >= 15 is 0 Å². The highest BCUT2D eigenvalue weighted by Crippen LogP contribution is 2.52. The van der Waals surface area contributed by atoms with E-state index in [4.69, 9.17) is 0 Å². The number of hydrogen-bond donors (Lipinski definition) is 0. The third kappa shape index (κ3) is 3.59. The van der Waals surface area contributed by atoms with Crippen LogP contribution in [0.2, 0.25) is 0 Å². The quantitative estimate of drug-likeness (QED) is 0.835. The molecule has 1 saturated carbocycles. The second-order valence-electron chi connectivity index (χ2n) is 9.69. The fourth-order valence-electron chi connectivity index (χ4n) is 5.71. The van der Waals surface area contributed by atoms with E-state index < -0.39 is 0 Å². The number of anilines is 1. The molecular formula is C21H32N4O. The van der Waals surface area contributed by atoms with Gasteiger partial charge in [-0.3, -0.25) is 9.69 Å². The minimum absolute atomic E-state index is 0.319. The van der Waals surface area contributed by atoms with Crippen LogP contribution < -0.4 is 4.90 Å². The number of carbonyl (C=O) groups excluding carboxylic acids is 1. The van der Waals surface area contributed by atoms with Crippen LogP contribution in [0.15, 0.2) is 24.4 Å². The lowest BCUT2D eigenvalue weighted by molar-refractivity contribution is -0.133. The zero-order chi connectivity index (χ0) is 18.4. The van der Waals surface area contributed by atoms with Crippen LogP contribution in [0.5, 0.6) is 0 Å². The summed E-state index contributed by atoms with van der Waals surface area (Å²) in [5.41, 5.74) is 0.681. The molecule has 142 valence electrons. The third-order valence-electron chi connectivity index (χ3n) is 6.44. The van der Waals surface area contributed by atoms with Gasteiger partial charge in [0.2, 0.25) is 5.91 Å². The molecule has 2 saturated heterocycles. The molecule has 0 radical (unpaired) electrons. The summed E-state index contributed by atoms with van der Waals surface area (Å²) in [6, 6.07) is 6.50. The molecule has 2 atom stereocenters. The van der Waals surface area contributed by atoms with Crippen molar-refractivity contribution in [3.8, 4) is 0 Å². The SMILES string of the molecule is CC1(C)C[C@H]2C[C@](C)(CN2C(=O)CN2CCN(c3ccccn3)CC2)C1. The van der Waals surface area contributed by atoms with Crippen molar-refractivity contribution in [2.75, 3.05) is 44.2 Å². The summed E-state index contributed by atoms with van der Waals surface area (Å²) in [5.74, 6) is 1.38. The van der Waals surface area contributed by atoms with Crippen LogP contribution >= 0.6 is 0 Å². The minimum Gasteiger partial charge on any atom is -0.354 e. The van der Waals surface area contributed by atoms with Gasteiger partial charge >= 0.3 is 0 Å². The number of fused-ring (bicyclic) bond motifs is 2. The van der Waals surface area contributed by atoms with Crippen molar-refractivity contribution in [3.63, 3.8) is 0 Å². The Labute approximate surface area is 157 Å². The zero-order valence-electron chi connectivity index (χ0n) is 16.4. The molecule has 5 heteroatoms. The fraction of sp³-hybridized carbons (Fsp3) is 0.714. The van der Waals surface area contributed by atoms with Crippen molar-refractivity contribution in [3.05, 3.63) is 24.4 Å². The number of piperazine rings is 1. The summed E-state index contributed by atoms with van der Waals surface area (Å²) in [7, 11) is 0. The molecule has 0 unspecified atom stereocenters. The van der Waals surface area contributed by atoms with Gasteiger partial charge in [0.15, 0.2) is 0 Å². The molecule has 1 aliphatic carbocycles. The van der Waals surface area contributed by atoms with Gasteiger partial charge in [-0.25, -0.2) is 4.98 Å². The number of aromatic nitrogens is 1. The van der Waals surface area contributed by atoms with Crippen molar-refractivity contribution in [1.29, 1.82) is 0 Å². The van der Waals surface area contributed by atoms with Crippen molar-refractivity contribution in [2.24, 2.45) is 10.8 Å². The molecule has 3 aliphatic rings. The van der Waals surface area contributed by atoms with Crippen molar-refractivity contribution in [1.82, 2.24) is 14.8 Å². The van der Waals surface area contributed by atoms with E-state index in [1.807, 2.05) is 18.3 Å². The molecular weight excluding hydrogens is 324 g/mol. The lowest BCUT2D eigenvalue weighted by Gasteiger charge is -2.39. The number of pyridine rings is 1. The summed E-state index contributed by atoms with van der Waals surface area (Å²) in [6.45, 7) is 12.4. The maximum Gasteiger partial charge on any atom is 0.237 e. The predicted molar refractivity (Wildman–Crippen MR) is 104 cm³/mol. The van der Waals surface area contributed by atoms with E-state index in [-0.39, 0.29) is 0 Å². The number of likely N-dealkylation sites (tertiary alicyclic amines) is 1. The number of hydrogen-bond acceptors (Lipinski definition) is 4. The summed E-state index contributed by atoms with van der Waals surface area (Å²) in [6.07, 6.45) is 5.43. The molecule has 1 aromatic heterocycles. The summed E-state index contributed by atoms with van der Waals surface area (Å²) >= 11 is 0. The topological polar surface area (TPSA) is 39.7 Å². The Bertz CT molecular complexity index is 653. The molecule has 5 nitrogen and oxygen atoms in total. The van der Waals surface area contributed by atoms with Crippen LogP contribution in [0.3, 0.4) is 0 Å². The Hall–Kier alpha value is -1.62. The van der Waals surface area contributed by atoms with Crippen LogP contribution in [0, 0.1) is 10.8 Å². The number of carbonyl (C=O) groups is 1. The van der Waals surface area contributed by atoms with E-state index in [2.05, 4.69) is 46.5 Å². The molecule has 1 amide bonds. The average Bonchev–Trinajstić information content (AvgIpc) is 2.85.